The van der Waals surface area contributed by atoms with Gasteiger partial charge in [0.25, 0.3) is 0 Å². The molecule has 2 heterocycles. The minimum absolute atomic E-state index is 0.164. The molecule has 0 aliphatic carbocycles. The minimum atomic E-state index is -0.561. The van der Waals surface area contributed by atoms with E-state index in [-0.39, 0.29) is 6.29 Å². The average Bonchev–Trinajstić information content (AvgIpc) is 2.81. The largest absolute Gasteiger partial charge is 0.467 e. The lowest BCUT2D eigenvalue weighted by Crippen LogP contribution is -2.25. The molecule has 0 aromatic carbocycles. The lowest BCUT2D eigenvalue weighted by Gasteiger charge is -2.23. The molecule has 0 amide bonds. The normalized spacial score (nSPS) is 20.3. The number of aliphatic hydroxyl groups is 1. The van der Waals surface area contributed by atoms with Gasteiger partial charge in [-0.2, -0.15) is 0 Å². The predicted octanol–water partition coefficient (Wildman–Crippen LogP) is 1.86. The summed E-state index contributed by atoms with van der Waals surface area (Å²) in [5.74, 6) is 0.603. The fourth-order valence-corrected chi connectivity index (χ4v) is 1.62. The molecule has 0 radical (unpaired) electrons. The molecule has 4 nitrogen and oxygen atoms in total. The second kappa shape index (κ2) is 5.30. The highest BCUT2D eigenvalue weighted by atomic mass is 16.7. The van der Waals surface area contributed by atoms with Crippen molar-refractivity contribution in [3.05, 3.63) is 24.2 Å². The van der Waals surface area contributed by atoms with Crippen LogP contribution in [0.4, 0.5) is 0 Å². The molecule has 0 bridgehead atoms. The van der Waals surface area contributed by atoms with Crippen LogP contribution in [0.3, 0.4) is 0 Å². The van der Waals surface area contributed by atoms with E-state index >= 15 is 0 Å². The molecule has 1 atom stereocenters. The Kier molecular flexibility index (Phi) is 3.77. The fraction of sp³-hybridized carbons (Fsp3) is 0.636. The van der Waals surface area contributed by atoms with Crippen LogP contribution in [0.5, 0.6) is 0 Å². The van der Waals surface area contributed by atoms with Crippen molar-refractivity contribution >= 4 is 0 Å². The molecule has 1 saturated heterocycles. The van der Waals surface area contributed by atoms with Gasteiger partial charge in [0.05, 0.1) is 19.5 Å². The van der Waals surface area contributed by atoms with Crippen LogP contribution in [-0.4, -0.2) is 24.6 Å². The Balaban J connectivity index is 1.73. The maximum Gasteiger partial charge on any atom is 0.157 e. The third kappa shape index (κ3) is 3.06. The molecule has 4 heteroatoms. The highest BCUT2D eigenvalue weighted by Gasteiger charge is 2.17. The van der Waals surface area contributed by atoms with Crippen molar-refractivity contribution in [3.63, 3.8) is 0 Å². The van der Waals surface area contributed by atoms with Crippen molar-refractivity contribution in [2.24, 2.45) is 0 Å². The number of hydrogen-bond donors (Lipinski definition) is 1. The molecule has 1 aliphatic heterocycles. The van der Waals surface area contributed by atoms with E-state index in [2.05, 4.69) is 0 Å². The maximum atomic E-state index is 9.74. The number of ether oxygens (including phenoxy) is 2. The Hall–Kier alpha value is -0.840. The van der Waals surface area contributed by atoms with Crippen LogP contribution in [0.15, 0.2) is 22.8 Å². The lowest BCUT2D eigenvalue weighted by molar-refractivity contribution is -0.184. The van der Waals surface area contributed by atoms with Gasteiger partial charge >= 0.3 is 0 Å². The van der Waals surface area contributed by atoms with E-state index in [9.17, 15) is 5.11 Å². The van der Waals surface area contributed by atoms with Crippen molar-refractivity contribution in [3.8, 4) is 0 Å². The lowest BCUT2D eigenvalue weighted by atomic mass is 10.1. The van der Waals surface area contributed by atoms with Crippen molar-refractivity contribution in [2.75, 3.05) is 13.2 Å². The smallest absolute Gasteiger partial charge is 0.157 e. The molecule has 1 fully saturated rings. The quantitative estimate of drug-likeness (QED) is 0.827. The van der Waals surface area contributed by atoms with E-state index in [1.807, 2.05) is 0 Å². The zero-order valence-electron chi connectivity index (χ0n) is 8.59. The Bertz CT molecular complexity index is 264. The van der Waals surface area contributed by atoms with Gasteiger partial charge in [-0.05, 0) is 25.0 Å². The van der Waals surface area contributed by atoms with Crippen LogP contribution in [0.2, 0.25) is 0 Å². The summed E-state index contributed by atoms with van der Waals surface area (Å²) in [5, 5.41) is 9.74. The topological polar surface area (TPSA) is 51.8 Å². The average molecular weight is 212 g/mol. The first-order chi connectivity index (χ1) is 7.36. The monoisotopic (exact) mass is 212 g/mol. The van der Waals surface area contributed by atoms with Crippen LogP contribution in [-0.2, 0) is 9.47 Å². The van der Waals surface area contributed by atoms with E-state index in [1.54, 1.807) is 18.4 Å². The standard InChI is InChI=1S/C11H16O4/c12-9(10-3-1-6-13-10)4-5-11-14-7-2-8-15-11/h1,3,6,9,11-12H,2,4-5,7-8H2/t9-/m0/s1. The van der Waals surface area contributed by atoms with Gasteiger partial charge in [0.2, 0.25) is 0 Å². The molecule has 15 heavy (non-hydrogen) atoms. The summed E-state index contributed by atoms with van der Waals surface area (Å²) in [5.41, 5.74) is 0. The Morgan fingerprint density at radius 3 is 2.87 bits per heavy atom. The van der Waals surface area contributed by atoms with Gasteiger partial charge in [-0.1, -0.05) is 0 Å². The molecular formula is C11H16O4. The van der Waals surface area contributed by atoms with Gasteiger partial charge in [-0.3, -0.25) is 0 Å². The van der Waals surface area contributed by atoms with E-state index in [1.165, 1.54) is 0 Å². The molecule has 1 N–H and O–H groups in total. The van der Waals surface area contributed by atoms with E-state index < -0.39 is 6.10 Å². The molecule has 0 unspecified atom stereocenters. The molecule has 1 aromatic rings. The van der Waals surface area contributed by atoms with Crippen LogP contribution in [0.1, 0.15) is 31.1 Å². The number of furan rings is 1. The summed E-state index contributed by atoms with van der Waals surface area (Å²) >= 11 is 0. The summed E-state index contributed by atoms with van der Waals surface area (Å²) in [7, 11) is 0. The van der Waals surface area contributed by atoms with Crippen LogP contribution in [0.25, 0.3) is 0 Å². The fourth-order valence-electron chi connectivity index (χ4n) is 1.62. The second-order valence-corrected chi connectivity index (χ2v) is 3.63. The van der Waals surface area contributed by atoms with E-state index in [4.69, 9.17) is 13.9 Å². The van der Waals surface area contributed by atoms with Gasteiger partial charge < -0.3 is 19.0 Å². The van der Waals surface area contributed by atoms with Crippen LogP contribution >= 0.6 is 0 Å². The summed E-state index contributed by atoms with van der Waals surface area (Å²) in [6.07, 6.45) is 3.08. The van der Waals surface area contributed by atoms with Gasteiger partial charge in [0, 0.05) is 6.42 Å². The third-order valence-electron chi connectivity index (χ3n) is 2.44. The van der Waals surface area contributed by atoms with E-state index in [0.29, 0.717) is 18.6 Å². The molecular weight excluding hydrogens is 196 g/mol. The van der Waals surface area contributed by atoms with Crippen LogP contribution < -0.4 is 0 Å². The van der Waals surface area contributed by atoms with Crippen molar-refractivity contribution in [1.29, 1.82) is 0 Å². The predicted molar refractivity (Wildman–Crippen MR) is 53.2 cm³/mol. The van der Waals surface area contributed by atoms with Gasteiger partial charge in [-0.15, -0.1) is 0 Å². The summed E-state index contributed by atoms with van der Waals surface area (Å²) in [4.78, 5) is 0. The van der Waals surface area contributed by atoms with Crippen LogP contribution in [0, 0.1) is 0 Å². The SMILES string of the molecule is O[C@@H](CCC1OCCCO1)c1ccco1. The van der Waals surface area contributed by atoms with Crippen molar-refractivity contribution in [1.82, 2.24) is 0 Å². The Morgan fingerprint density at radius 2 is 2.20 bits per heavy atom. The van der Waals surface area contributed by atoms with Crippen molar-refractivity contribution in [2.45, 2.75) is 31.7 Å². The molecule has 2 rings (SSSR count). The minimum Gasteiger partial charge on any atom is -0.467 e. The van der Waals surface area contributed by atoms with E-state index in [0.717, 1.165) is 19.6 Å². The Labute approximate surface area is 88.8 Å². The molecule has 0 saturated carbocycles. The maximum absolute atomic E-state index is 9.74. The highest BCUT2D eigenvalue weighted by Crippen LogP contribution is 2.21. The molecule has 84 valence electrons. The molecule has 0 spiro atoms. The summed E-state index contributed by atoms with van der Waals surface area (Å²) in [6, 6.07) is 3.54. The number of rotatable bonds is 4. The second-order valence-electron chi connectivity index (χ2n) is 3.63. The zero-order chi connectivity index (χ0) is 10.5. The molecule has 1 aromatic heterocycles. The van der Waals surface area contributed by atoms with Gasteiger partial charge in [0.15, 0.2) is 6.29 Å². The van der Waals surface area contributed by atoms with Gasteiger partial charge in [0.1, 0.15) is 11.9 Å². The van der Waals surface area contributed by atoms with Crippen molar-refractivity contribution < 1.29 is 19.0 Å². The third-order valence-corrected chi connectivity index (χ3v) is 2.44. The number of aliphatic hydroxyl groups excluding tert-OH is 1. The van der Waals surface area contributed by atoms with Gasteiger partial charge in [-0.25, -0.2) is 0 Å². The zero-order valence-corrected chi connectivity index (χ0v) is 8.59. The summed E-state index contributed by atoms with van der Waals surface area (Å²) < 4.78 is 15.9. The molecule has 1 aliphatic rings. The number of hydrogen-bond acceptors (Lipinski definition) is 4. The highest BCUT2D eigenvalue weighted by molar-refractivity contribution is 5.01. The first-order valence-corrected chi connectivity index (χ1v) is 5.31. The first-order valence-electron chi connectivity index (χ1n) is 5.31. The summed E-state index contributed by atoms with van der Waals surface area (Å²) in [6.45, 7) is 1.50. The Morgan fingerprint density at radius 1 is 1.40 bits per heavy atom. The first kappa shape index (κ1) is 10.7.